The summed E-state index contributed by atoms with van der Waals surface area (Å²) in [6, 6.07) is 10.2. The molecule has 1 aromatic rings. The largest absolute Gasteiger partial charge is 0.481 e. The molecule has 29 heavy (non-hydrogen) atoms. The fourth-order valence-electron chi connectivity index (χ4n) is 3.64. The van der Waals surface area contributed by atoms with E-state index in [2.05, 4.69) is 19.1 Å². The van der Waals surface area contributed by atoms with Crippen LogP contribution in [0.5, 0.6) is 0 Å². The summed E-state index contributed by atoms with van der Waals surface area (Å²) in [4.78, 5) is 10.5. The molecule has 1 aromatic carbocycles. The molecule has 2 atom stereocenters. The lowest BCUT2D eigenvalue weighted by molar-refractivity contribution is -0.137. The van der Waals surface area contributed by atoms with Gasteiger partial charge in [0, 0.05) is 6.42 Å². The number of carbonyl (C=O) groups is 1. The highest BCUT2D eigenvalue weighted by Crippen LogP contribution is 2.19. The van der Waals surface area contributed by atoms with E-state index in [1.165, 1.54) is 31.2 Å². The molecular weight excluding hydrogens is 364 g/mol. The molecule has 0 heterocycles. The minimum absolute atomic E-state index is 0.113. The molecule has 0 bridgehead atoms. The predicted octanol–water partition coefficient (Wildman–Crippen LogP) is 6.50. The number of benzene rings is 1. The molecule has 0 radical (unpaired) electrons. The van der Waals surface area contributed by atoms with Crippen LogP contribution in [0.4, 0.5) is 0 Å². The van der Waals surface area contributed by atoms with Crippen molar-refractivity contribution in [2.24, 2.45) is 0 Å². The topological polar surface area (TPSA) is 66.8 Å². The second-order valence-electron chi connectivity index (χ2n) is 8.21. The van der Waals surface area contributed by atoms with Crippen molar-refractivity contribution in [3.05, 3.63) is 35.9 Å². The van der Waals surface area contributed by atoms with Gasteiger partial charge in [-0.2, -0.15) is 0 Å². The number of hydrogen-bond donors (Lipinski definition) is 2. The molecule has 0 spiro atoms. The lowest BCUT2D eigenvalue weighted by Crippen LogP contribution is -2.21. The van der Waals surface area contributed by atoms with E-state index < -0.39 is 5.97 Å². The molecule has 1 rings (SSSR count). The zero-order chi connectivity index (χ0) is 21.2. The van der Waals surface area contributed by atoms with Gasteiger partial charge in [0.25, 0.3) is 0 Å². The summed E-state index contributed by atoms with van der Waals surface area (Å²) in [5.74, 6) is -0.711. The number of rotatable bonds is 19. The van der Waals surface area contributed by atoms with Crippen LogP contribution in [0.1, 0.15) is 102 Å². The van der Waals surface area contributed by atoms with Crippen LogP contribution >= 0.6 is 0 Å². The first-order valence-corrected chi connectivity index (χ1v) is 11.7. The summed E-state index contributed by atoms with van der Waals surface area (Å²) in [7, 11) is 0. The van der Waals surface area contributed by atoms with Gasteiger partial charge in [-0.05, 0) is 31.2 Å². The molecule has 0 aromatic heterocycles. The van der Waals surface area contributed by atoms with Crippen LogP contribution in [0, 0.1) is 0 Å². The van der Waals surface area contributed by atoms with Gasteiger partial charge in [0.2, 0.25) is 0 Å². The Hall–Kier alpha value is -1.39. The number of carboxylic acids is 1. The number of aliphatic hydroxyl groups excluding tert-OH is 1. The Bertz CT molecular complexity index is 503. The van der Waals surface area contributed by atoms with Gasteiger partial charge in [0.1, 0.15) is 0 Å². The van der Waals surface area contributed by atoms with Gasteiger partial charge in [-0.1, -0.05) is 95.0 Å². The maximum atomic E-state index is 10.5. The predicted molar refractivity (Wildman–Crippen MR) is 119 cm³/mol. The molecule has 0 amide bonds. The molecule has 0 aliphatic rings. The Balaban J connectivity index is 2.26. The van der Waals surface area contributed by atoms with E-state index in [1.54, 1.807) is 0 Å². The average molecular weight is 407 g/mol. The molecule has 4 heteroatoms. The smallest absolute Gasteiger partial charge is 0.303 e. The fraction of sp³-hybridized carbons (Fsp3) is 0.720. The zero-order valence-electron chi connectivity index (χ0n) is 18.4. The summed E-state index contributed by atoms with van der Waals surface area (Å²) in [5.41, 5.74) is 1.18. The van der Waals surface area contributed by atoms with Gasteiger partial charge >= 0.3 is 5.97 Å². The Labute approximate surface area is 177 Å². The van der Waals surface area contributed by atoms with E-state index in [-0.39, 0.29) is 18.6 Å². The Kier molecular flexibility index (Phi) is 15.4. The van der Waals surface area contributed by atoms with Crippen molar-refractivity contribution in [2.45, 2.75) is 116 Å². The van der Waals surface area contributed by atoms with Crippen LogP contribution in [-0.4, -0.2) is 28.4 Å². The van der Waals surface area contributed by atoms with E-state index in [9.17, 15) is 9.90 Å². The summed E-state index contributed by atoms with van der Waals surface area (Å²) >= 11 is 0. The standard InChI is InChI=1S/C25H42O4/c1-2-3-4-6-13-18-24(29-21-22-15-10-9-11-16-22)20-23(26)17-12-7-5-8-14-19-25(27)28/h9-11,15-16,23-24,26H,2-8,12-14,17-21H2,1H3,(H,27,28). The maximum absolute atomic E-state index is 10.5. The second-order valence-corrected chi connectivity index (χ2v) is 8.21. The first-order valence-electron chi connectivity index (χ1n) is 11.7. The van der Waals surface area contributed by atoms with Crippen LogP contribution < -0.4 is 0 Å². The monoisotopic (exact) mass is 406 g/mol. The number of ether oxygens (including phenoxy) is 1. The van der Waals surface area contributed by atoms with Gasteiger partial charge < -0.3 is 14.9 Å². The van der Waals surface area contributed by atoms with E-state index >= 15 is 0 Å². The third-order valence-corrected chi connectivity index (χ3v) is 5.42. The van der Waals surface area contributed by atoms with Gasteiger partial charge in [-0.3, -0.25) is 4.79 Å². The van der Waals surface area contributed by atoms with Gasteiger partial charge in [-0.25, -0.2) is 0 Å². The Morgan fingerprint density at radius 3 is 2.21 bits per heavy atom. The molecule has 0 aliphatic heterocycles. The molecule has 166 valence electrons. The number of carboxylic acid groups (broad SMARTS) is 1. The van der Waals surface area contributed by atoms with Crippen LogP contribution in [-0.2, 0) is 16.1 Å². The van der Waals surface area contributed by atoms with Crippen LogP contribution in [0.25, 0.3) is 0 Å². The number of hydrogen-bond acceptors (Lipinski definition) is 3. The number of aliphatic carboxylic acids is 1. The van der Waals surface area contributed by atoms with Crippen molar-refractivity contribution in [3.63, 3.8) is 0 Å². The number of aliphatic hydroxyl groups is 1. The van der Waals surface area contributed by atoms with Crippen molar-refractivity contribution in [1.29, 1.82) is 0 Å². The summed E-state index contributed by atoms with van der Waals surface area (Å²) in [6.07, 6.45) is 13.6. The van der Waals surface area contributed by atoms with Gasteiger partial charge in [0.05, 0.1) is 18.8 Å². The van der Waals surface area contributed by atoms with Gasteiger partial charge in [0.15, 0.2) is 0 Å². The van der Waals surface area contributed by atoms with Crippen molar-refractivity contribution >= 4 is 5.97 Å². The Morgan fingerprint density at radius 2 is 1.52 bits per heavy atom. The summed E-state index contributed by atoms with van der Waals surface area (Å²) in [6.45, 7) is 2.84. The summed E-state index contributed by atoms with van der Waals surface area (Å²) < 4.78 is 6.17. The zero-order valence-corrected chi connectivity index (χ0v) is 18.4. The minimum atomic E-state index is -0.711. The van der Waals surface area contributed by atoms with E-state index in [4.69, 9.17) is 9.84 Å². The SMILES string of the molecule is CCCCCCCC(CC(O)CCCCCCCC(=O)O)OCc1ccccc1. The van der Waals surface area contributed by atoms with Crippen molar-refractivity contribution in [3.8, 4) is 0 Å². The molecule has 2 N–H and O–H groups in total. The molecule has 2 unspecified atom stereocenters. The molecule has 0 saturated heterocycles. The van der Waals surface area contributed by atoms with Crippen molar-refractivity contribution < 1.29 is 19.7 Å². The lowest BCUT2D eigenvalue weighted by atomic mass is 9.99. The van der Waals surface area contributed by atoms with Gasteiger partial charge in [-0.15, -0.1) is 0 Å². The molecule has 4 nitrogen and oxygen atoms in total. The lowest BCUT2D eigenvalue weighted by Gasteiger charge is -2.21. The normalized spacial score (nSPS) is 13.3. The van der Waals surface area contributed by atoms with E-state index in [0.717, 1.165) is 51.4 Å². The second kappa shape index (κ2) is 17.5. The van der Waals surface area contributed by atoms with E-state index in [1.807, 2.05) is 18.2 Å². The van der Waals surface area contributed by atoms with E-state index in [0.29, 0.717) is 13.0 Å². The fourth-order valence-corrected chi connectivity index (χ4v) is 3.64. The molecule has 0 fully saturated rings. The highest BCUT2D eigenvalue weighted by atomic mass is 16.5. The summed E-state index contributed by atoms with van der Waals surface area (Å²) in [5, 5.41) is 19.1. The third kappa shape index (κ3) is 15.2. The Morgan fingerprint density at radius 1 is 0.897 bits per heavy atom. The maximum Gasteiger partial charge on any atom is 0.303 e. The first-order chi connectivity index (χ1) is 14.1. The number of unbranched alkanes of at least 4 members (excludes halogenated alkanes) is 8. The highest BCUT2D eigenvalue weighted by Gasteiger charge is 2.15. The first kappa shape index (κ1) is 25.6. The molecule has 0 aliphatic carbocycles. The van der Waals surface area contributed by atoms with Crippen molar-refractivity contribution in [2.75, 3.05) is 0 Å². The highest BCUT2D eigenvalue weighted by molar-refractivity contribution is 5.66. The average Bonchev–Trinajstić information content (AvgIpc) is 2.71. The quantitative estimate of drug-likeness (QED) is 0.257. The minimum Gasteiger partial charge on any atom is -0.481 e. The van der Waals surface area contributed by atoms with Crippen molar-refractivity contribution in [1.82, 2.24) is 0 Å². The third-order valence-electron chi connectivity index (χ3n) is 5.42. The van der Waals surface area contributed by atoms with Crippen LogP contribution in [0.2, 0.25) is 0 Å². The van der Waals surface area contributed by atoms with Crippen LogP contribution in [0.3, 0.4) is 0 Å². The molecule has 0 saturated carbocycles. The molecular formula is C25H42O4. The van der Waals surface area contributed by atoms with Crippen LogP contribution in [0.15, 0.2) is 30.3 Å².